The minimum atomic E-state index is -0.294. The highest BCUT2D eigenvalue weighted by Crippen LogP contribution is 2.26. The number of para-hydroxylation sites is 2. The maximum absolute atomic E-state index is 12.3. The molecule has 2 N–H and O–H groups in total. The van der Waals surface area contributed by atoms with E-state index in [0.29, 0.717) is 35.9 Å². The van der Waals surface area contributed by atoms with E-state index >= 15 is 0 Å². The molecule has 2 aromatic carbocycles. The summed E-state index contributed by atoms with van der Waals surface area (Å²) in [7, 11) is 0. The molecule has 154 valence electrons. The molecule has 0 atom stereocenters. The first-order chi connectivity index (χ1) is 14.7. The van der Waals surface area contributed by atoms with Crippen LogP contribution < -0.4 is 20.1 Å². The molecular weight excluding hydrogens is 382 g/mol. The Morgan fingerprint density at radius 3 is 2.50 bits per heavy atom. The van der Waals surface area contributed by atoms with E-state index in [1.54, 1.807) is 42.6 Å². The summed E-state index contributed by atoms with van der Waals surface area (Å²) in [6, 6.07) is 17.9. The van der Waals surface area contributed by atoms with E-state index in [1.165, 1.54) is 6.20 Å². The standard InChI is InChI=1S/C23H23N3O4/c1-2-29-20-10-3-4-11-21(20)30-16-22(27)26-19-9-5-7-17(13-19)14-25-23(28)18-8-6-12-24-15-18/h3-13,15H,2,14,16H2,1H3,(H,25,28)(H,26,27). The Morgan fingerprint density at radius 2 is 1.77 bits per heavy atom. The highest BCUT2D eigenvalue weighted by atomic mass is 16.5. The van der Waals surface area contributed by atoms with Crippen molar-refractivity contribution in [3.05, 3.63) is 84.2 Å². The van der Waals surface area contributed by atoms with E-state index in [0.717, 1.165) is 5.56 Å². The quantitative estimate of drug-likeness (QED) is 0.569. The lowest BCUT2D eigenvalue weighted by atomic mass is 10.2. The Kier molecular flexibility index (Phi) is 7.38. The molecule has 0 saturated heterocycles. The fourth-order valence-electron chi connectivity index (χ4n) is 2.73. The second-order valence-corrected chi connectivity index (χ2v) is 6.34. The average Bonchev–Trinajstić information content (AvgIpc) is 2.78. The third kappa shape index (κ3) is 6.07. The Morgan fingerprint density at radius 1 is 0.967 bits per heavy atom. The summed E-state index contributed by atoms with van der Waals surface area (Å²) in [5.41, 5.74) is 1.97. The lowest BCUT2D eigenvalue weighted by molar-refractivity contribution is -0.118. The smallest absolute Gasteiger partial charge is 0.262 e. The second kappa shape index (κ2) is 10.6. The predicted molar refractivity (Wildman–Crippen MR) is 114 cm³/mol. The zero-order chi connectivity index (χ0) is 21.2. The number of nitrogens with zero attached hydrogens (tertiary/aromatic N) is 1. The Labute approximate surface area is 175 Å². The van der Waals surface area contributed by atoms with Crippen LogP contribution in [0, 0.1) is 0 Å². The van der Waals surface area contributed by atoms with Crippen molar-refractivity contribution in [2.75, 3.05) is 18.5 Å². The fourth-order valence-corrected chi connectivity index (χ4v) is 2.73. The van der Waals surface area contributed by atoms with Crippen molar-refractivity contribution < 1.29 is 19.1 Å². The number of anilines is 1. The third-order valence-corrected chi connectivity index (χ3v) is 4.10. The highest BCUT2D eigenvalue weighted by molar-refractivity contribution is 5.94. The number of ether oxygens (including phenoxy) is 2. The summed E-state index contributed by atoms with van der Waals surface area (Å²) in [4.78, 5) is 28.3. The summed E-state index contributed by atoms with van der Waals surface area (Å²) in [5, 5.41) is 5.63. The molecule has 1 heterocycles. The number of nitrogens with one attached hydrogen (secondary N) is 2. The summed E-state index contributed by atoms with van der Waals surface area (Å²) >= 11 is 0. The first kappa shape index (κ1) is 20.9. The SMILES string of the molecule is CCOc1ccccc1OCC(=O)Nc1cccc(CNC(=O)c2cccnc2)c1. The molecule has 3 aromatic rings. The van der Waals surface area contributed by atoms with Gasteiger partial charge >= 0.3 is 0 Å². The first-order valence-corrected chi connectivity index (χ1v) is 9.57. The molecule has 7 nitrogen and oxygen atoms in total. The van der Waals surface area contributed by atoms with Gasteiger partial charge in [-0.2, -0.15) is 0 Å². The highest BCUT2D eigenvalue weighted by Gasteiger charge is 2.09. The van der Waals surface area contributed by atoms with Gasteiger partial charge in [0.05, 0.1) is 12.2 Å². The molecule has 0 bridgehead atoms. The molecule has 0 aliphatic carbocycles. The van der Waals surface area contributed by atoms with Gasteiger partial charge in [0.25, 0.3) is 11.8 Å². The van der Waals surface area contributed by atoms with E-state index < -0.39 is 0 Å². The summed E-state index contributed by atoms with van der Waals surface area (Å²) in [5.74, 6) is 0.609. The first-order valence-electron chi connectivity index (χ1n) is 9.57. The number of carbonyl (C=O) groups excluding carboxylic acids is 2. The van der Waals surface area contributed by atoms with Gasteiger partial charge in [0.1, 0.15) is 0 Å². The molecule has 0 spiro atoms. The molecule has 0 unspecified atom stereocenters. The van der Waals surface area contributed by atoms with Crippen molar-refractivity contribution in [3.8, 4) is 11.5 Å². The van der Waals surface area contributed by atoms with Crippen molar-refractivity contribution in [2.24, 2.45) is 0 Å². The van der Waals surface area contributed by atoms with Crippen LogP contribution in [0.1, 0.15) is 22.8 Å². The van der Waals surface area contributed by atoms with Crippen LogP contribution >= 0.6 is 0 Å². The predicted octanol–water partition coefficient (Wildman–Crippen LogP) is 3.43. The van der Waals surface area contributed by atoms with Crippen LogP contribution in [0.2, 0.25) is 0 Å². The average molecular weight is 405 g/mol. The normalized spacial score (nSPS) is 10.2. The van der Waals surface area contributed by atoms with Gasteiger partial charge in [-0.1, -0.05) is 24.3 Å². The van der Waals surface area contributed by atoms with Gasteiger partial charge in [0.2, 0.25) is 0 Å². The summed E-state index contributed by atoms with van der Waals surface area (Å²) < 4.78 is 11.1. The Bertz CT molecular complexity index is 993. The number of rotatable bonds is 9. The third-order valence-electron chi connectivity index (χ3n) is 4.10. The van der Waals surface area contributed by atoms with Gasteiger partial charge in [-0.15, -0.1) is 0 Å². The van der Waals surface area contributed by atoms with Gasteiger partial charge in [-0.05, 0) is 48.9 Å². The topological polar surface area (TPSA) is 89.5 Å². The van der Waals surface area contributed by atoms with Crippen LogP contribution in [-0.2, 0) is 11.3 Å². The lowest BCUT2D eigenvalue weighted by Gasteiger charge is -2.12. The molecule has 0 fully saturated rings. The largest absolute Gasteiger partial charge is 0.490 e. The lowest BCUT2D eigenvalue weighted by Crippen LogP contribution is -2.23. The van der Waals surface area contributed by atoms with Crippen molar-refractivity contribution in [1.29, 1.82) is 0 Å². The van der Waals surface area contributed by atoms with E-state index in [1.807, 2.05) is 31.2 Å². The van der Waals surface area contributed by atoms with Crippen LogP contribution in [0.15, 0.2) is 73.1 Å². The fraction of sp³-hybridized carbons (Fsp3) is 0.174. The molecule has 30 heavy (non-hydrogen) atoms. The zero-order valence-corrected chi connectivity index (χ0v) is 16.6. The molecule has 0 saturated carbocycles. The van der Waals surface area contributed by atoms with Crippen LogP contribution in [0.5, 0.6) is 11.5 Å². The number of pyridine rings is 1. The summed E-state index contributed by atoms with van der Waals surface area (Å²) in [6.45, 7) is 2.58. The number of hydrogen-bond donors (Lipinski definition) is 2. The van der Waals surface area contributed by atoms with Crippen LogP contribution in [0.4, 0.5) is 5.69 Å². The van der Waals surface area contributed by atoms with Gasteiger partial charge in [-0.3, -0.25) is 14.6 Å². The van der Waals surface area contributed by atoms with Crippen molar-refractivity contribution in [1.82, 2.24) is 10.3 Å². The zero-order valence-electron chi connectivity index (χ0n) is 16.6. The van der Waals surface area contributed by atoms with Crippen molar-refractivity contribution >= 4 is 17.5 Å². The molecular formula is C23H23N3O4. The van der Waals surface area contributed by atoms with E-state index in [4.69, 9.17) is 9.47 Å². The monoisotopic (exact) mass is 405 g/mol. The molecule has 0 radical (unpaired) electrons. The van der Waals surface area contributed by atoms with E-state index in [-0.39, 0.29) is 18.4 Å². The number of amides is 2. The maximum atomic E-state index is 12.3. The minimum Gasteiger partial charge on any atom is -0.490 e. The summed E-state index contributed by atoms with van der Waals surface area (Å²) in [6.07, 6.45) is 3.12. The van der Waals surface area contributed by atoms with Crippen LogP contribution in [0.25, 0.3) is 0 Å². The number of hydrogen-bond acceptors (Lipinski definition) is 5. The van der Waals surface area contributed by atoms with Gasteiger partial charge in [0, 0.05) is 24.6 Å². The molecule has 3 rings (SSSR count). The number of aromatic nitrogens is 1. The molecule has 0 aliphatic rings. The van der Waals surface area contributed by atoms with E-state index in [9.17, 15) is 9.59 Å². The van der Waals surface area contributed by atoms with Gasteiger partial charge in [0.15, 0.2) is 18.1 Å². The molecule has 2 amide bonds. The van der Waals surface area contributed by atoms with Crippen molar-refractivity contribution in [3.63, 3.8) is 0 Å². The molecule has 1 aromatic heterocycles. The van der Waals surface area contributed by atoms with E-state index in [2.05, 4.69) is 15.6 Å². The molecule has 7 heteroatoms. The van der Waals surface area contributed by atoms with Gasteiger partial charge < -0.3 is 20.1 Å². The Balaban J connectivity index is 1.52. The maximum Gasteiger partial charge on any atom is 0.262 e. The number of carbonyl (C=O) groups is 2. The molecule has 0 aliphatic heterocycles. The number of benzene rings is 2. The van der Waals surface area contributed by atoms with Crippen LogP contribution in [-0.4, -0.2) is 30.0 Å². The van der Waals surface area contributed by atoms with Crippen LogP contribution in [0.3, 0.4) is 0 Å². The minimum absolute atomic E-state index is 0.147. The Hall–Kier alpha value is -3.87. The van der Waals surface area contributed by atoms with Crippen molar-refractivity contribution in [2.45, 2.75) is 13.5 Å². The van der Waals surface area contributed by atoms with Gasteiger partial charge in [-0.25, -0.2) is 0 Å². The second-order valence-electron chi connectivity index (χ2n) is 6.34.